The van der Waals surface area contributed by atoms with E-state index in [1.54, 1.807) is 11.3 Å². The van der Waals surface area contributed by atoms with E-state index < -0.39 is 0 Å². The Morgan fingerprint density at radius 1 is 1.26 bits per heavy atom. The number of aliphatic imine (C=N–C) groups is 1. The Morgan fingerprint density at radius 2 is 2.04 bits per heavy atom. The van der Waals surface area contributed by atoms with Gasteiger partial charge in [-0.05, 0) is 42.5 Å². The summed E-state index contributed by atoms with van der Waals surface area (Å²) in [6.07, 6.45) is 3.59. The minimum atomic E-state index is 0.0217. The molecule has 0 amide bonds. The number of hydrogen-bond acceptors (Lipinski definition) is 4. The Kier molecular flexibility index (Phi) is 4.35. The SMILES string of the molecule is CC(C)(C)c1nnc(CN=C(N)Nc2ccc3c(c2)CCC3)s1. The topological polar surface area (TPSA) is 76.2 Å². The summed E-state index contributed by atoms with van der Waals surface area (Å²) in [5.74, 6) is 0.412. The highest BCUT2D eigenvalue weighted by Gasteiger charge is 2.19. The van der Waals surface area contributed by atoms with E-state index in [0.717, 1.165) is 22.1 Å². The molecule has 1 aromatic heterocycles. The van der Waals surface area contributed by atoms with E-state index in [4.69, 9.17) is 5.73 Å². The van der Waals surface area contributed by atoms with Gasteiger partial charge in [-0.15, -0.1) is 10.2 Å². The number of aryl methyl sites for hydroxylation is 2. The highest BCUT2D eigenvalue weighted by molar-refractivity contribution is 7.11. The van der Waals surface area contributed by atoms with E-state index in [9.17, 15) is 0 Å². The van der Waals surface area contributed by atoms with Crippen molar-refractivity contribution in [1.29, 1.82) is 0 Å². The third-order valence-electron chi connectivity index (χ3n) is 3.86. The summed E-state index contributed by atoms with van der Waals surface area (Å²) in [7, 11) is 0. The average Bonchev–Trinajstić information content (AvgIpc) is 3.13. The van der Waals surface area contributed by atoms with Gasteiger partial charge in [0.1, 0.15) is 10.0 Å². The molecular formula is C17H23N5S. The number of nitrogens with zero attached hydrogens (tertiary/aromatic N) is 3. The third kappa shape index (κ3) is 3.88. The van der Waals surface area contributed by atoms with Gasteiger partial charge in [0.05, 0.1) is 6.54 Å². The van der Waals surface area contributed by atoms with Crippen LogP contribution in [0.1, 0.15) is 48.3 Å². The first-order valence-electron chi connectivity index (χ1n) is 7.93. The van der Waals surface area contributed by atoms with Crippen molar-refractivity contribution in [2.75, 3.05) is 5.32 Å². The highest BCUT2D eigenvalue weighted by Crippen LogP contribution is 2.26. The monoisotopic (exact) mass is 329 g/mol. The van der Waals surface area contributed by atoms with Crippen LogP contribution in [0.5, 0.6) is 0 Å². The standard InChI is InChI=1S/C17H23N5S/c1-17(2,3)15-22-21-14(23-15)10-19-16(18)20-13-8-7-11-5-4-6-12(11)9-13/h7-9H,4-6,10H2,1-3H3,(H3,18,19,20). The maximum atomic E-state index is 5.99. The largest absolute Gasteiger partial charge is 0.370 e. The first-order chi connectivity index (χ1) is 10.9. The van der Waals surface area contributed by atoms with E-state index in [2.05, 4.69) is 59.5 Å². The summed E-state index contributed by atoms with van der Waals surface area (Å²) in [6, 6.07) is 6.42. The lowest BCUT2D eigenvalue weighted by molar-refractivity contribution is 0.577. The molecule has 23 heavy (non-hydrogen) atoms. The molecular weight excluding hydrogens is 306 g/mol. The maximum absolute atomic E-state index is 5.99. The second-order valence-electron chi connectivity index (χ2n) is 6.91. The van der Waals surface area contributed by atoms with E-state index in [1.807, 2.05) is 0 Å². The van der Waals surface area contributed by atoms with Gasteiger partial charge in [0.25, 0.3) is 0 Å². The van der Waals surface area contributed by atoms with Crippen molar-refractivity contribution in [2.24, 2.45) is 10.7 Å². The van der Waals surface area contributed by atoms with Gasteiger partial charge < -0.3 is 11.1 Å². The van der Waals surface area contributed by atoms with E-state index in [-0.39, 0.29) is 5.41 Å². The molecule has 6 heteroatoms. The lowest BCUT2D eigenvalue weighted by atomic mass is 9.98. The molecule has 1 aliphatic rings. The lowest BCUT2D eigenvalue weighted by Gasteiger charge is -2.12. The molecule has 0 spiro atoms. The molecule has 0 atom stereocenters. The summed E-state index contributed by atoms with van der Waals surface area (Å²) in [5, 5.41) is 13.5. The predicted molar refractivity (Wildman–Crippen MR) is 96.0 cm³/mol. The normalized spacial score (nSPS) is 14.8. The molecule has 1 heterocycles. The van der Waals surface area contributed by atoms with Gasteiger partial charge in [0.15, 0.2) is 5.96 Å². The Balaban J connectivity index is 1.63. The van der Waals surface area contributed by atoms with Gasteiger partial charge in [-0.3, -0.25) is 0 Å². The maximum Gasteiger partial charge on any atom is 0.193 e. The van der Waals surface area contributed by atoms with Crippen molar-refractivity contribution >= 4 is 23.0 Å². The molecule has 5 nitrogen and oxygen atoms in total. The van der Waals surface area contributed by atoms with Crippen LogP contribution in [0.4, 0.5) is 5.69 Å². The zero-order chi connectivity index (χ0) is 16.4. The van der Waals surface area contributed by atoms with Gasteiger partial charge in [0.2, 0.25) is 0 Å². The molecule has 0 bridgehead atoms. The van der Waals surface area contributed by atoms with Crippen LogP contribution in [0.3, 0.4) is 0 Å². The van der Waals surface area contributed by atoms with Gasteiger partial charge in [-0.1, -0.05) is 38.2 Å². The average molecular weight is 329 g/mol. The molecule has 0 fully saturated rings. The van der Waals surface area contributed by atoms with Crippen LogP contribution in [-0.2, 0) is 24.8 Å². The second-order valence-corrected chi connectivity index (χ2v) is 7.98. The van der Waals surface area contributed by atoms with Crippen LogP contribution in [0.15, 0.2) is 23.2 Å². The minimum Gasteiger partial charge on any atom is -0.370 e. The van der Waals surface area contributed by atoms with E-state index >= 15 is 0 Å². The molecule has 0 saturated heterocycles. The van der Waals surface area contributed by atoms with Crippen molar-refractivity contribution < 1.29 is 0 Å². The fraction of sp³-hybridized carbons (Fsp3) is 0.471. The fourth-order valence-electron chi connectivity index (χ4n) is 2.61. The Labute approximate surface area is 141 Å². The number of hydrogen-bond donors (Lipinski definition) is 2. The predicted octanol–water partition coefficient (Wildman–Crippen LogP) is 3.25. The number of guanidine groups is 1. The molecule has 1 aromatic carbocycles. The molecule has 0 radical (unpaired) electrons. The van der Waals surface area contributed by atoms with Gasteiger partial charge >= 0.3 is 0 Å². The zero-order valence-electron chi connectivity index (χ0n) is 13.9. The Bertz CT molecular complexity index is 727. The van der Waals surface area contributed by atoms with E-state index in [1.165, 1.54) is 24.0 Å². The molecule has 0 saturated carbocycles. The number of rotatable bonds is 3. The number of nitrogens with two attached hydrogens (primary N) is 1. The number of fused-ring (bicyclic) bond motifs is 1. The van der Waals surface area contributed by atoms with Crippen molar-refractivity contribution in [1.82, 2.24) is 10.2 Å². The second kappa shape index (κ2) is 6.28. The summed E-state index contributed by atoms with van der Waals surface area (Å²) >= 11 is 1.59. The number of aromatic nitrogens is 2. The number of anilines is 1. The summed E-state index contributed by atoms with van der Waals surface area (Å²) in [5.41, 5.74) is 9.88. The molecule has 3 rings (SSSR count). The van der Waals surface area contributed by atoms with Gasteiger partial charge in [-0.2, -0.15) is 0 Å². The van der Waals surface area contributed by atoms with Crippen LogP contribution < -0.4 is 11.1 Å². The molecule has 0 unspecified atom stereocenters. The molecule has 3 N–H and O–H groups in total. The van der Waals surface area contributed by atoms with Crippen LogP contribution in [-0.4, -0.2) is 16.2 Å². The first kappa shape index (κ1) is 15.9. The molecule has 122 valence electrons. The molecule has 1 aliphatic carbocycles. The summed E-state index contributed by atoms with van der Waals surface area (Å²) in [4.78, 5) is 4.37. The van der Waals surface area contributed by atoms with Crippen LogP contribution in [0, 0.1) is 0 Å². The summed E-state index contributed by atoms with van der Waals surface area (Å²) in [6.45, 7) is 6.84. The highest BCUT2D eigenvalue weighted by atomic mass is 32.1. The van der Waals surface area contributed by atoms with Crippen molar-refractivity contribution in [2.45, 2.75) is 52.0 Å². The van der Waals surface area contributed by atoms with Gasteiger partial charge in [-0.25, -0.2) is 4.99 Å². The fourth-order valence-corrected chi connectivity index (χ4v) is 3.43. The van der Waals surface area contributed by atoms with Crippen LogP contribution >= 0.6 is 11.3 Å². The quantitative estimate of drug-likeness (QED) is 0.669. The Hall–Kier alpha value is -1.95. The van der Waals surface area contributed by atoms with Crippen molar-refractivity contribution in [3.8, 4) is 0 Å². The summed E-state index contributed by atoms with van der Waals surface area (Å²) < 4.78 is 0. The van der Waals surface area contributed by atoms with E-state index in [0.29, 0.717) is 12.5 Å². The number of benzene rings is 1. The van der Waals surface area contributed by atoms with Crippen LogP contribution in [0.2, 0.25) is 0 Å². The van der Waals surface area contributed by atoms with Gasteiger partial charge in [0, 0.05) is 11.1 Å². The van der Waals surface area contributed by atoms with Crippen molar-refractivity contribution in [3.63, 3.8) is 0 Å². The molecule has 0 aliphatic heterocycles. The smallest absolute Gasteiger partial charge is 0.193 e. The Morgan fingerprint density at radius 3 is 2.78 bits per heavy atom. The zero-order valence-corrected chi connectivity index (χ0v) is 14.7. The lowest BCUT2D eigenvalue weighted by Crippen LogP contribution is -2.22. The first-order valence-corrected chi connectivity index (χ1v) is 8.75. The number of nitrogens with one attached hydrogen (secondary N) is 1. The third-order valence-corrected chi connectivity index (χ3v) is 5.20. The van der Waals surface area contributed by atoms with Crippen molar-refractivity contribution in [3.05, 3.63) is 39.3 Å². The van der Waals surface area contributed by atoms with Crippen LogP contribution in [0.25, 0.3) is 0 Å². The molecule has 2 aromatic rings. The minimum absolute atomic E-state index is 0.0217.